The van der Waals surface area contributed by atoms with Gasteiger partial charge in [0.25, 0.3) is 0 Å². The maximum absolute atomic E-state index is 11.0. The third kappa shape index (κ3) is 1.14. The summed E-state index contributed by atoms with van der Waals surface area (Å²) in [6, 6.07) is 0.441. The first kappa shape index (κ1) is 7.54. The second-order valence-electron chi connectivity index (χ2n) is 2.92. The highest BCUT2D eigenvalue weighted by Crippen LogP contribution is 2.12. The Bertz CT molecular complexity index is 145. The van der Waals surface area contributed by atoms with Crippen molar-refractivity contribution in [1.29, 1.82) is 0 Å². The number of rotatable bonds is 1. The van der Waals surface area contributed by atoms with E-state index < -0.39 is 0 Å². The van der Waals surface area contributed by atoms with Crippen molar-refractivity contribution >= 4 is 5.91 Å². The number of amides is 1. The van der Waals surface area contributed by atoms with Crippen LogP contribution in [0.3, 0.4) is 0 Å². The predicted octanol–water partition coefficient (Wildman–Crippen LogP) is 0.474. The normalized spacial score (nSPS) is 21.2. The molecule has 0 aromatic carbocycles. The molecule has 1 rings (SSSR count). The van der Waals surface area contributed by atoms with Crippen LogP contribution in [-0.2, 0) is 4.79 Å². The third-order valence-electron chi connectivity index (χ3n) is 1.90. The number of nitrogens with zero attached hydrogens (tertiary/aromatic N) is 2. The van der Waals surface area contributed by atoms with E-state index in [9.17, 15) is 4.79 Å². The van der Waals surface area contributed by atoms with Crippen molar-refractivity contribution in [3.63, 3.8) is 0 Å². The van der Waals surface area contributed by atoms with Gasteiger partial charge in [0.2, 0.25) is 5.91 Å². The van der Waals surface area contributed by atoms with Crippen molar-refractivity contribution in [2.45, 2.75) is 26.3 Å². The van der Waals surface area contributed by atoms with Crippen molar-refractivity contribution < 1.29 is 4.79 Å². The Labute approximate surface area is 61.6 Å². The predicted molar refractivity (Wildman–Crippen MR) is 39.2 cm³/mol. The topological polar surface area (TPSA) is 23.6 Å². The van der Waals surface area contributed by atoms with Crippen molar-refractivity contribution in [2.75, 3.05) is 13.6 Å². The fourth-order valence-electron chi connectivity index (χ4n) is 1.27. The molecule has 58 valence electrons. The summed E-state index contributed by atoms with van der Waals surface area (Å²) in [7, 11) is 1.83. The average molecular weight is 142 g/mol. The number of hydrogen-bond acceptors (Lipinski definition) is 2. The molecule has 0 saturated carbocycles. The van der Waals surface area contributed by atoms with Gasteiger partial charge in [-0.15, -0.1) is 0 Å². The van der Waals surface area contributed by atoms with E-state index >= 15 is 0 Å². The maximum Gasteiger partial charge on any atom is 0.237 e. The summed E-state index contributed by atoms with van der Waals surface area (Å²) < 4.78 is 0. The Balaban J connectivity index is 2.57. The summed E-state index contributed by atoms with van der Waals surface area (Å²) in [5.74, 6) is 0.230. The molecule has 1 saturated heterocycles. The van der Waals surface area contributed by atoms with Crippen LogP contribution in [0.15, 0.2) is 0 Å². The number of hydrogen-bond donors (Lipinski definition) is 0. The highest BCUT2D eigenvalue weighted by molar-refractivity contribution is 5.77. The molecule has 0 radical (unpaired) electrons. The van der Waals surface area contributed by atoms with Gasteiger partial charge in [-0.2, -0.15) is 0 Å². The van der Waals surface area contributed by atoms with Gasteiger partial charge in [-0.1, -0.05) is 0 Å². The van der Waals surface area contributed by atoms with Gasteiger partial charge in [-0.3, -0.25) is 9.80 Å². The minimum absolute atomic E-state index is 0.230. The summed E-state index contributed by atoms with van der Waals surface area (Å²) in [4.78, 5) is 11.0. The molecule has 1 amide bonds. The lowest BCUT2D eigenvalue weighted by atomic mass is 10.4. The molecule has 10 heavy (non-hydrogen) atoms. The van der Waals surface area contributed by atoms with E-state index in [4.69, 9.17) is 0 Å². The molecule has 0 N–H and O–H groups in total. The lowest BCUT2D eigenvalue weighted by Gasteiger charge is -2.27. The molecule has 0 unspecified atom stereocenters. The van der Waals surface area contributed by atoms with Gasteiger partial charge in [0.1, 0.15) is 0 Å². The summed E-state index contributed by atoms with van der Waals surface area (Å²) in [6.45, 7) is 5.07. The van der Waals surface area contributed by atoms with Crippen LogP contribution in [0.25, 0.3) is 0 Å². The monoisotopic (exact) mass is 142 g/mol. The Kier molecular flexibility index (Phi) is 1.94. The van der Waals surface area contributed by atoms with E-state index in [2.05, 4.69) is 18.9 Å². The summed E-state index contributed by atoms with van der Waals surface area (Å²) in [5.41, 5.74) is 0. The van der Waals surface area contributed by atoms with E-state index in [-0.39, 0.29) is 5.91 Å². The van der Waals surface area contributed by atoms with Crippen LogP contribution in [0.2, 0.25) is 0 Å². The second-order valence-corrected chi connectivity index (χ2v) is 2.92. The van der Waals surface area contributed by atoms with Gasteiger partial charge in [0.05, 0.1) is 0 Å². The van der Waals surface area contributed by atoms with E-state index in [1.807, 2.05) is 7.05 Å². The fraction of sp³-hybridized carbons (Fsp3) is 0.857. The molecule has 3 heteroatoms. The number of carbonyl (C=O) groups is 1. The molecule has 0 aliphatic carbocycles. The van der Waals surface area contributed by atoms with Gasteiger partial charge in [-0.05, 0) is 13.8 Å². The molecule has 1 fully saturated rings. The molecule has 1 aliphatic heterocycles. The molecule has 0 bridgehead atoms. The summed E-state index contributed by atoms with van der Waals surface area (Å²) >= 11 is 0. The van der Waals surface area contributed by atoms with Crippen molar-refractivity contribution in [1.82, 2.24) is 10.0 Å². The Morgan fingerprint density at radius 3 is 2.30 bits per heavy atom. The second kappa shape index (κ2) is 2.58. The average Bonchev–Trinajstić information content (AvgIpc) is 2.14. The first-order chi connectivity index (χ1) is 4.63. The lowest BCUT2D eigenvalue weighted by Crippen LogP contribution is -2.40. The smallest absolute Gasteiger partial charge is 0.237 e. The molecule has 1 aliphatic rings. The minimum Gasteiger partial charge on any atom is -0.278 e. The molecule has 0 atom stereocenters. The van der Waals surface area contributed by atoms with Crippen LogP contribution in [0.4, 0.5) is 0 Å². The zero-order valence-electron chi connectivity index (χ0n) is 6.79. The molecular formula is C7H14N2O. The maximum atomic E-state index is 11.0. The van der Waals surface area contributed by atoms with E-state index in [0.29, 0.717) is 12.5 Å². The standard InChI is InChI=1S/C7H14N2O/c1-6(2)9-5-4-7(10)8(9)3/h6H,4-5H2,1-3H3. The zero-order valence-corrected chi connectivity index (χ0v) is 6.79. The number of hydrazine groups is 1. The van der Waals surface area contributed by atoms with E-state index in [1.54, 1.807) is 5.01 Å². The zero-order chi connectivity index (χ0) is 7.72. The highest BCUT2D eigenvalue weighted by Gasteiger charge is 2.26. The van der Waals surface area contributed by atoms with Crippen LogP contribution >= 0.6 is 0 Å². The van der Waals surface area contributed by atoms with Gasteiger partial charge in [0, 0.05) is 26.1 Å². The SMILES string of the molecule is CC(C)N1CCC(=O)N1C. The first-order valence-electron chi connectivity index (χ1n) is 3.66. The van der Waals surface area contributed by atoms with E-state index in [1.165, 1.54) is 0 Å². The van der Waals surface area contributed by atoms with Gasteiger partial charge in [0.15, 0.2) is 0 Å². The van der Waals surface area contributed by atoms with Crippen LogP contribution in [0, 0.1) is 0 Å². The molecule has 3 nitrogen and oxygen atoms in total. The fourth-order valence-corrected chi connectivity index (χ4v) is 1.27. The van der Waals surface area contributed by atoms with E-state index in [0.717, 1.165) is 6.54 Å². The largest absolute Gasteiger partial charge is 0.278 e. The van der Waals surface area contributed by atoms with Crippen LogP contribution in [0.1, 0.15) is 20.3 Å². The van der Waals surface area contributed by atoms with Crippen molar-refractivity contribution in [3.05, 3.63) is 0 Å². The molecule has 0 spiro atoms. The Morgan fingerprint density at radius 1 is 1.50 bits per heavy atom. The lowest BCUT2D eigenvalue weighted by molar-refractivity contribution is -0.136. The Hall–Kier alpha value is -0.570. The van der Waals surface area contributed by atoms with Gasteiger partial charge >= 0.3 is 0 Å². The summed E-state index contributed by atoms with van der Waals surface area (Å²) in [5, 5.41) is 3.78. The minimum atomic E-state index is 0.230. The molecule has 0 aromatic rings. The first-order valence-corrected chi connectivity index (χ1v) is 3.66. The van der Waals surface area contributed by atoms with Gasteiger partial charge < -0.3 is 0 Å². The third-order valence-corrected chi connectivity index (χ3v) is 1.90. The summed E-state index contributed by atoms with van der Waals surface area (Å²) in [6.07, 6.45) is 0.675. The quantitative estimate of drug-likeness (QED) is 0.531. The molecule has 1 heterocycles. The van der Waals surface area contributed by atoms with Crippen LogP contribution in [0.5, 0.6) is 0 Å². The van der Waals surface area contributed by atoms with Crippen LogP contribution < -0.4 is 0 Å². The Morgan fingerprint density at radius 2 is 2.10 bits per heavy atom. The van der Waals surface area contributed by atoms with Crippen molar-refractivity contribution in [2.24, 2.45) is 0 Å². The highest BCUT2D eigenvalue weighted by atomic mass is 16.2. The van der Waals surface area contributed by atoms with Crippen molar-refractivity contribution in [3.8, 4) is 0 Å². The number of carbonyl (C=O) groups excluding carboxylic acids is 1. The van der Waals surface area contributed by atoms with Gasteiger partial charge in [-0.25, -0.2) is 5.01 Å². The van der Waals surface area contributed by atoms with Crippen LogP contribution in [-0.4, -0.2) is 35.6 Å². The molecule has 0 aromatic heterocycles. The molecular weight excluding hydrogens is 128 g/mol.